The Balaban J connectivity index is 1.82. The number of benzene rings is 2. The van der Waals surface area contributed by atoms with Crippen LogP contribution in [0.4, 0.5) is 9.18 Å². The van der Waals surface area contributed by atoms with E-state index in [1.54, 1.807) is 12.1 Å². The van der Waals surface area contributed by atoms with Crippen LogP contribution in [0, 0.1) is 12.7 Å². The van der Waals surface area contributed by atoms with Crippen LogP contribution in [-0.4, -0.2) is 27.3 Å². The highest BCUT2D eigenvalue weighted by atomic mass is 35.5. The van der Waals surface area contributed by atoms with E-state index >= 15 is 0 Å². The van der Waals surface area contributed by atoms with Gasteiger partial charge in [-0.1, -0.05) is 54.9 Å². The molecule has 0 unspecified atom stereocenters. The van der Waals surface area contributed by atoms with E-state index in [9.17, 15) is 9.18 Å². The Morgan fingerprint density at radius 3 is 2.68 bits per heavy atom. The molecule has 0 atom stereocenters. The van der Waals surface area contributed by atoms with Gasteiger partial charge in [-0.2, -0.15) is 0 Å². The van der Waals surface area contributed by atoms with Crippen LogP contribution >= 0.6 is 23.4 Å². The average molecular weight is 462 g/mol. The van der Waals surface area contributed by atoms with Crippen molar-refractivity contribution in [2.24, 2.45) is 0 Å². The molecule has 2 aromatic carbocycles. The molecule has 3 rings (SSSR count). The van der Waals surface area contributed by atoms with Gasteiger partial charge >= 0.3 is 6.03 Å². The highest BCUT2D eigenvalue weighted by Gasteiger charge is 2.17. The molecule has 31 heavy (non-hydrogen) atoms. The standard InChI is InChI=1S/C22H25ClFN5OS/c1-3-4-11-25-21(30)26-13-20-27-28-22(31-14-16-6-9-18(24)10-7-16)29(20)19-12-17(23)8-5-15(19)2/h5-10,12H,3-4,11,13-14H2,1-2H3,(H2,25,26,30). The molecule has 0 aliphatic carbocycles. The van der Waals surface area contributed by atoms with Gasteiger partial charge in [0.15, 0.2) is 11.0 Å². The molecule has 164 valence electrons. The van der Waals surface area contributed by atoms with E-state index in [-0.39, 0.29) is 18.4 Å². The van der Waals surface area contributed by atoms with Gasteiger partial charge in [-0.15, -0.1) is 10.2 Å². The lowest BCUT2D eigenvalue weighted by Gasteiger charge is -2.14. The molecular formula is C22H25ClFN5OS. The van der Waals surface area contributed by atoms with E-state index in [1.807, 2.05) is 29.7 Å². The highest BCUT2D eigenvalue weighted by molar-refractivity contribution is 7.98. The minimum atomic E-state index is -0.267. The Kier molecular flexibility index (Phi) is 8.31. The molecule has 0 bridgehead atoms. The van der Waals surface area contributed by atoms with Crippen molar-refractivity contribution in [2.45, 2.75) is 44.1 Å². The molecule has 1 aromatic heterocycles. The lowest BCUT2D eigenvalue weighted by atomic mass is 10.2. The number of unbranched alkanes of at least 4 members (excludes halogenated alkanes) is 1. The molecule has 0 radical (unpaired) electrons. The second-order valence-electron chi connectivity index (χ2n) is 7.04. The van der Waals surface area contributed by atoms with E-state index in [0.717, 1.165) is 29.7 Å². The molecule has 2 amide bonds. The smallest absolute Gasteiger partial charge is 0.315 e. The fraction of sp³-hybridized carbons (Fsp3) is 0.318. The van der Waals surface area contributed by atoms with Crippen molar-refractivity contribution in [3.8, 4) is 5.69 Å². The maximum absolute atomic E-state index is 13.2. The van der Waals surface area contributed by atoms with Gasteiger partial charge in [0, 0.05) is 17.3 Å². The lowest BCUT2D eigenvalue weighted by molar-refractivity contribution is 0.240. The molecule has 1 heterocycles. The number of amides is 2. The second kappa shape index (κ2) is 11.2. The first-order chi connectivity index (χ1) is 15.0. The molecule has 6 nitrogen and oxygen atoms in total. The van der Waals surface area contributed by atoms with Crippen molar-refractivity contribution < 1.29 is 9.18 Å². The van der Waals surface area contributed by atoms with Crippen molar-refractivity contribution in [3.05, 3.63) is 70.3 Å². The zero-order valence-electron chi connectivity index (χ0n) is 17.5. The molecule has 0 aliphatic rings. The number of halogens is 2. The fourth-order valence-corrected chi connectivity index (χ4v) is 3.99. The summed E-state index contributed by atoms with van der Waals surface area (Å²) in [4.78, 5) is 12.1. The summed E-state index contributed by atoms with van der Waals surface area (Å²) in [5.74, 6) is 0.929. The number of thioether (sulfide) groups is 1. The summed E-state index contributed by atoms with van der Waals surface area (Å²) in [7, 11) is 0. The predicted molar refractivity (Wildman–Crippen MR) is 122 cm³/mol. The lowest BCUT2D eigenvalue weighted by Crippen LogP contribution is -2.36. The van der Waals surface area contributed by atoms with Crippen LogP contribution in [0.2, 0.25) is 5.02 Å². The van der Waals surface area contributed by atoms with Gasteiger partial charge in [0.25, 0.3) is 0 Å². The quantitative estimate of drug-likeness (QED) is 0.337. The molecule has 0 fully saturated rings. The molecule has 0 saturated carbocycles. The van der Waals surface area contributed by atoms with Crippen LogP contribution in [0.25, 0.3) is 5.69 Å². The Bertz CT molecular complexity index is 1030. The number of hydrogen-bond donors (Lipinski definition) is 2. The Morgan fingerprint density at radius 1 is 1.16 bits per heavy atom. The van der Waals surface area contributed by atoms with Crippen LogP contribution in [0.15, 0.2) is 47.6 Å². The van der Waals surface area contributed by atoms with E-state index in [1.165, 1.54) is 23.9 Å². The summed E-state index contributed by atoms with van der Waals surface area (Å²) in [6, 6.07) is 11.7. The van der Waals surface area contributed by atoms with Gasteiger partial charge in [-0.05, 0) is 48.7 Å². The Labute approximate surface area is 190 Å². The number of nitrogens with zero attached hydrogens (tertiary/aromatic N) is 3. The Hall–Kier alpha value is -2.58. The van der Waals surface area contributed by atoms with Crippen molar-refractivity contribution >= 4 is 29.4 Å². The van der Waals surface area contributed by atoms with Gasteiger partial charge < -0.3 is 10.6 Å². The van der Waals surface area contributed by atoms with E-state index in [0.29, 0.717) is 28.3 Å². The van der Waals surface area contributed by atoms with Gasteiger partial charge in [0.1, 0.15) is 5.82 Å². The molecule has 0 saturated heterocycles. The van der Waals surface area contributed by atoms with E-state index in [2.05, 4.69) is 27.8 Å². The van der Waals surface area contributed by atoms with E-state index < -0.39 is 0 Å². The maximum Gasteiger partial charge on any atom is 0.315 e. The molecule has 3 aromatic rings. The molecule has 0 aliphatic heterocycles. The zero-order chi connectivity index (χ0) is 22.2. The topological polar surface area (TPSA) is 71.8 Å². The van der Waals surface area contributed by atoms with Gasteiger partial charge in [-0.3, -0.25) is 4.57 Å². The monoisotopic (exact) mass is 461 g/mol. The predicted octanol–water partition coefficient (Wildman–Crippen LogP) is 5.26. The minimum Gasteiger partial charge on any atom is -0.338 e. The number of aromatic nitrogens is 3. The maximum atomic E-state index is 13.2. The van der Waals surface area contributed by atoms with Gasteiger partial charge in [-0.25, -0.2) is 9.18 Å². The van der Waals surface area contributed by atoms with Crippen molar-refractivity contribution in [1.82, 2.24) is 25.4 Å². The average Bonchev–Trinajstić information content (AvgIpc) is 3.16. The molecule has 0 spiro atoms. The first-order valence-electron chi connectivity index (χ1n) is 10.1. The molecular weight excluding hydrogens is 437 g/mol. The number of rotatable bonds is 9. The van der Waals surface area contributed by atoms with Crippen LogP contribution in [0.5, 0.6) is 0 Å². The third-order valence-corrected chi connectivity index (χ3v) is 5.85. The van der Waals surface area contributed by atoms with Gasteiger partial charge in [0.2, 0.25) is 0 Å². The summed E-state index contributed by atoms with van der Waals surface area (Å²) in [6.45, 7) is 4.89. The third kappa shape index (κ3) is 6.45. The summed E-state index contributed by atoms with van der Waals surface area (Å²) >= 11 is 7.73. The molecule has 2 N–H and O–H groups in total. The molecule has 9 heteroatoms. The minimum absolute atomic E-state index is 0.216. The second-order valence-corrected chi connectivity index (χ2v) is 8.42. The third-order valence-electron chi connectivity index (χ3n) is 4.62. The Morgan fingerprint density at radius 2 is 1.94 bits per heavy atom. The van der Waals surface area contributed by atoms with E-state index in [4.69, 9.17) is 11.6 Å². The number of carbonyl (C=O) groups is 1. The number of nitrogens with one attached hydrogen (secondary N) is 2. The first-order valence-corrected chi connectivity index (χ1v) is 11.4. The summed E-state index contributed by atoms with van der Waals surface area (Å²) in [6.07, 6.45) is 1.94. The number of urea groups is 1. The van der Waals surface area contributed by atoms with Crippen LogP contribution in [0.1, 0.15) is 36.7 Å². The number of carbonyl (C=O) groups excluding carboxylic acids is 1. The zero-order valence-corrected chi connectivity index (χ0v) is 19.1. The van der Waals surface area contributed by atoms with Gasteiger partial charge in [0.05, 0.1) is 12.2 Å². The van der Waals surface area contributed by atoms with Crippen LogP contribution in [-0.2, 0) is 12.3 Å². The van der Waals surface area contributed by atoms with Crippen LogP contribution in [0.3, 0.4) is 0 Å². The van der Waals surface area contributed by atoms with Crippen molar-refractivity contribution in [2.75, 3.05) is 6.54 Å². The fourth-order valence-electron chi connectivity index (χ4n) is 2.90. The van der Waals surface area contributed by atoms with Crippen molar-refractivity contribution in [1.29, 1.82) is 0 Å². The summed E-state index contributed by atoms with van der Waals surface area (Å²) in [5, 5.41) is 15.6. The number of aryl methyl sites for hydroxylation is 1. The SMILES string of the molecule is CCCCNC(=O)NCc1nnc(SCc2ccc(F)cc2)n1-c1cc(Cl)ccc1C. The highest BCUT2D eigenvalue weighted by Crippen LogP contribution is 2.28. The normalized spacial score (nSPS) is 10.8. The largest absolute Gasteiger partial charge is 0.338 e. The number of hydrogen-bond acceptors (Lipinski definition) is 4. The van der Waals surface area contributed by atoms with Crippen LogP contribution < -0.4 is 10.6 Å². The summed E-state index contributed by atoms with van der Waals surface area (Å²) < 4.78 is 15.1. The first kappa shape index (κ1) is 23.1. The summed E-state index contributed by atoms with van der Waals surface area (Å²) in [5.41, 5.74) is 2.82. The van der Waals surface area contributed by atoms with Crippen molar-refractivity contribution in [3.63, 3.8) is 0 Å².